The topological polar surface area (TPSA) is 57.8 Å². The monoisotopic (exact) mass is 313 g/mol. The number of aromatic nitrogens is 2. The average molecular weight is 313 g/mol. The lowest BCUT2D eigenvalue weighted by Crippen LogP contribution is -2.13. The molecule has 1 aliphatic rings. The largest absolute Gasteiger partial charge is 0.308 e. The molecule has 0 bridgehead atoms. The number of rotatable bonds is 3. The van der Waals surface area contributed by atoms with Crippen LogP contribution in [0.3, 0.4) is 0 Å². The number of aromatic amines is 1. The van der Waals surface area contributed by atoms with Gasteiger partial charge >= 0.3 is 0 Å². The number of anilines is 1. The van der Waals surface area contributed by atoms with E-state index in [9.17, 15) is 13.6 Å². The highest BCUT2D eigenvalue weighted by Crippen LogP contribution is 2.32. The fraction of sp³-hybridized carbons (Fsp3) is 0.176. The molecule has 2 aromatic carbocycles. The molecule has 6 heteroatoms. The molecule has 1 saturated carbocycles. The third kappa shape index (κ3) is 2.56. The first-order valence-electron chi connectivity index (χ1n) is 7.36. The molecule has 0 atom stereocenters. The van der Waals surface area contributed by atoms with Gasteiger partial charge in [0.25, 0.3) is 0 Å². The maximum atomic E-state index is 13.9. The van der Waals surface area contributed by atoms with E-state index in [0.717, 1.165) is 24.3 Å². The number of nitrogens with one attached hydrogen (secondary N) is 2. The standard InChI is InChI=1S/C17H13F2N3O/c18-11-4-6-12(14(19)8-11)10-3-5-13-15(7-10)21-22-16(13)20-17(23)9-1-2-9/h3-9H,1-2H2,(H2,20,21,22,23). The normalized spacial score (nSPS) is 14.2. The van der Waals surface area contributed by atoms with Crippen LogP contribution in [0.2, 0.25) is 0 Å². The van der Waals surface area contributed by atoms with Crippen LogP contribution in [0.25, 0.3) is 22.0 Å². The third-order valence-electron chi connectivity index (χ3n) is 3.99. The van der Waals surface area contributed by atoms with Crippen LogP contribution in [-0.4, -0.2) is 16.1 Å². The van der Waals surface area contributed by atoms with Crippen LogP contribution in [0.15, 0.2) is 36.4 Å². The van der Waals surface area contributed by atoms with E-state index in [0.29, 0.717) is 22.5 Å². The molecule has 0 radical (unpaired) electrons. The molecule has 1 aromatic heterocycles. The molecule has 23 heavy (non-hydrogen) atoms. The van der Waals surface area contributed by atoms with Crippen molar-refractivity contribution in [2.45, 2.75) is 12.8 Å². The lowest BCUT2D eigenvalue weighted by molar-refractivity contribution is -0.117. The van der Waals surface area contributed by atoms with Crippen molar-refractivity contribution in [3.63, 3.8) is 0 Å². The number of amides is 1. The Hall–Kier alpha value is -2.76. The number of nitrogens with zero attached hydrogens (tertiary/aromatic N) is 1. The fourth-order valence-corrected chi connectivity index (χ4v) is 2.57. The zero-order valence-corrected chi connectivity index (χ0v) is 12.1. The van der Waals surface area contributed by atoms with Crippen LogP contribution in [0.4, 0.5) is 14.6 Å². The first kappa shape index (κ1) is 13.9. The fourth-order valence-electron chi connectivity index (χ4n) is 2.57. The number of H-pyrrole nitrogens is 1. The second kappa shape index (κ2) is 5.15. The van der Waals surface area contributed by atoms with Crippen molar-refractivity contribution in [1.82, 2.24) is 10.2 Å². The van der Waals surface area contributed by atoms with E-state index in [4.69, 9.17) is 0 Å². The molecule has 0 spiro atoms. The predicted molar refractivity (Wildman–Crippen MR) is 82.8 cm³/mol. The van der Waals surface area contributed by atoms with E-state index in [2.05, 4.69) is 15.5 Å². The summed E-state index contributed by atoms with van der Waals surface area (Å²) in [7, 11) is 0. The molecule has 3 aromatic rings. The van der Waals surface area contributed by atoms with Gasteiger partial charge in [0.1, 0.15) is 11.6 Å². The highest BCUT2D eigenvalue weighted by atomic mass is 19.1. The van der Waals surface area contributed by atoms with E-state index in [1.807, 2.05) is 0 Å². The molecule has 1 heterocycles. The lowest BCUT2D eigenvalue weighted by atomic mass is 10.0. The van der Waals surface area contributed by atoms with Gasteiger partial charge in [0.15, 0.2) is 5.82 Å². The molecule has 116 valence electrons. The lowest BCUT2D eigenvalue weighted by Gasteiger charge is -2.04. The molecular weight excluding hydrogens is 300 g/mol. The summed E-state index contributed by atoms with van der Waals surface area (Å²) in [6.07, 6.45) is 1.84. The summed E-state index contributed by atoms with van der Waals surface area (Å²) in [5, 5.41) is 10.5. The first-order chi connectivity index (χ1) is 11.1. The van der Waals surface area contributed by atoms with E-state index < -0.39 is 11.6 Å². The maximum Gasteiger partial charge on any atom is 0.228 e. The Morgan fingerprint density at radius 3 is 2.74 bits per heavy atom. The Morgan fingerprint density at radius 1 is 1.17 bits per heavy atom. The number of carbonyl (C=O) groups excluding carboxylic acids is 1. The van der Waals surface area contributed by atoms with Gasteiger partial charge in [-0.1, -0.05) is 6.07 Å². The zero-order valence-electron chi connectivity index (χ0n) is 12.1. The van der Waals surface area contributed by atoms with Gasteiger partial charge in [-0.3, -0.25) is 9.89 Å². The van der Waals surface area contributed by atoms with Crippen molar-refractivity contribution in [1.29, 1.82) is 0 Å². The summed E-state index contributed by atoms with van der Waals surface area (Å²) < 4.78 is 26.9. The molecule has 1 amide bonds. The van der Waals surface area contributed by atoms with Crippen molar-refractivity contribution in [2.24, 2.45) is 5.92 Å². The predicted octanol–water partition coefficient (Wildman–Crippen LogP) is 3.86. The van der Waals surface area contributed by atoms with Crippen molar-refractivity contribution >= 4 is 22.6 Å². The Bertz CT molecular complexity index is 915. The average Bonchev–Trinajstić information content (AvgIpc) is 3.30. The van der Waals surface area contributed by atoms with E-state index >= 15 is 0 Å². The molecule has 4 rings (SSSR count). The van der Waals surface area contributed by atoms with Crippen molar-refractivity contribution in [2.75, 3.05) is 5.32 Å². The number of hydrogen-bond acceptors (Lipinski definition) is 2. The Kier molecular flexibility index (Phi) is 3.11. The summed E-state index contributed by atoms with van der Waals surface area (Å²) in [5.74, 6) is -0.686. The van der Waals surface area contributed by atoms with Gasteiger partial charge in [0.2, 0.25) is 5.91 Å². The summed E-state index contributed by atoms with van der Waals surface area (Å²) >= 11 is 0. The van der Waals surface area contributed by atoms with Gasteiger partial charge in [-0.2, -0.15) is 5.10 Å². The third-order valence-corrected chi connectivity index (χ3v) is 3.99. The van der Waals surface area contributed by atoms with Gasteiger partial charge in [0.05, 0.1) is 5.52 Å². The summed E-state index contributed by atoms with van der Waals surface area (Å²) in [4.78, 5) is 11.8. The minimum absolute atomic E-state index is 0.0212. The molecule has 1 fully saturated rings. The van der Waals surface area contributed by atoms with Crippen LogP contribution >= 0.6 is 0 Å². The zero-order chi connectivity index (χ0) is 16.0. The maximum absolute atomic E-state index is 13.9. The van der Waals surface area contributed by atoms with E-state index in [1.165, 1.54) is 12.1 Å². The van der Waals surface area contributed by atoms with Gasteiger partial charge in [-0.15, -0.1) is 0 Å². The smallest absolute Gasteiger partial charge is 0.228 e. The first-order valence-corrected chi connectivity index (χ1v) is 7.36. The van der Waals surface area contributed by atoms with Crippen LogP contribution in [-0.2, 0) is 4.79 Å². The van der Waals surface area contributed by atoms with Gasteiger partial charge < -0.3 is 5.32 Å². The van der Waals surface area contributed by atoms with Gasteiger partial charge in [-0.25, -0.2) is 8.78 Å². The van der Waals surface area contributed by atoms with E-state index in [1.54, 1.807) is 18.2 Å². The Labute approximate surface area is 130 Å². The van der Waals surface area contributed by atoms with Crippen LogP contribution < -0.4 is 5.32 Å². The molecular formula is C17H13F2N3O. The quantitative estimate of drug-likeness (QED) is 0.771. The number of halogens is 2. The molecule has 4 nitrogen and oxygen atoms in total. The molecule has 2 N–H and O–H groups in total. The van der Waals surface area contributed by atoms with Crippen LogP contribution in [0.5, 0.6) is 0 Å². The minimum atomic E-state index is -0.619. The number of carbonyl (C=O) groups is 1. The SMILES string of the molecule is O=C(Nc1n[nH]c2cc(-c3ccc(F)cc3F)ccc12)C1CC1. The van der Waals surface area contributed by atoms with Crippen molar-refractivity contribution in [3.8, 4) is 11.1 Å². The Morgan fingerprint density at radius 2 is 2.00 bits per heavy atom. The molecule has 0 saturated heterocycles. The second-order valence-electron chi connectivity index (χ2n) is 5.72. The number of benzene rings is 2. The molecule has 0 aliphatic heterocycles. The van der Waals surface area contributed by atoms with Crippen molar-refractivity contribution in [3.05, 3.63) is 48.0 Å². The highest BCUT2D eigenvalue weighted by Gasteiger charge is 2.30. The highest BCUT2D eigenvalue weighted by molar-refractivity contribution is 6.02. The van der Waals surface area contributed by atoms with Crippen LogP contribution in [0, 0.1) is 17.6 Å². The van der Waals surface area contributed by atoms with E-state index in [-0.39, 0.29) is 11.8 Å². The molecule has 1 aliphatic carbocycles. The summed E-state index contributed by atoms with van der Waals surface area (Å²) in [6, 6.07) is 8.69. The number of hydrogen-bond donors (Lipinski definition) is 2. The minimum Gasteiger partial charge on any atom is -0.308 e. The summed E-state index contributed by atoms with van der Waals surface area (Å²) in [5.41, 5.74) is 1.60. The van der Waals surface area contributed by atoms with Crippen LogP contribution in [0.1, 0.15) is 12.8 Å². The second-order valence-corrected chi connectivity index (χ2v) is 5.72. The Balaban J connectivity index is 1.70. The van der Waals surface area contributed by atoms with Crippen molar-refractivity contribution < 1.29 is 13.6 Å². The van der Waals surface area contributed by atoms with Gasteiger partial charge in [0, 0.05) is 22.9 Å². The number of fused-ring (bicyclic) bond motifs is 1. The molecule has 0 unspecified atom stereocenters. The summed E-state index contributed by atoms with van der Waals surface area (Å²) in [6.45, 7) is 0. The van der Waals surface area contributed by atoms with Gasteiger partial charge in [-0.05, 0) is 42.7 Å².